The number of hydrogen-bond acceptors (Lipinski definition) is 5. The standard InChI is InChI=1S/C24H24FN3O3/c1-30-19-11-8-17(9-12-19)10-13-23(29)28-14-4-5-18(16-28)15-22-26-24(27-31-22)20-6-2-3-7-21(20)25/h2-3,6-13,18H,4-5,14-16H2,1H3/b13-10-/t18-/m0/s1. The summed E-state index contributed by atoms with van der Waals surface area (Å²) >= 11 is 0. The molecule has 1 saturated heterocycles. The number of aromatic nitrogens is 2. The van der Waals surface area contributed by atoms with Gasteiger partial charge in [0.25, 0.3) is 0 Å². The topological polar surface area (TPSA) is 68.5 Å². The number of hydrogen-bond donors (Lipinski definition) is 0. The van der Waals surface area contributed by atoms with Gasteiger partial charge >= 0.3 is 0 Å². The second-order valence-electron chi connectivity index (χ2n) is 7.59. The third-order valence-electron chi connectivity index (χ3n) is 5.41. The summed E-state index contributed by atoms with van der Waals surface area (Å²) in [7, 11) is 1.62. The van der Waals surface area contributed by atoms with Gasteiger partial charge in [0.2, 0.25) is 17.6 Å². The molecule has 31 heavy (non-hydrogen) atoms. The van der Waals surface area contributed by atoms with Crippen LogP contribution >= 0.6 is 0 Å². The Morgan fingerprint density at radius 2 is 2.06 bits per heavy atom. The highest BCUT2D eigenvalue weighted by atomic mass is 19.1. The molecule has 0 radical (unpaired) electrons. The molecule has 0 saturated carbocycles. The van der Waals surface area contributed by atoms with Gasteiger partial charge in [0.05, 0.1) is 12.7 Å². The molecule has 0 aliphatic carbocycles. The van der Waals surface area contributed by atoms with Crippen LogP contribution in [-0.4, -0.2) is 41.1 Å². The van der Waals surface area contributed by atoms with E-state index in [9.17, 15) is 9.18 Å². The van der Waals surface area contributed by atoms with Crippen LogP contribution in [0.15, 0.2) is 59.1 Å². The lowest BCUT2D eigenvalue weighted by Gasteiger charge is -2.31. The quantitative estimate of drug-likeness (QED) is 0.553. The molecule has 1 atom stereocenters. The second kappa shape index (κ2) is 9.55. The van der Waals surface area contributed by atoms with Gasteiger partial charge in [0, 0.05) is 25.6 Å². The lowest BCUT2D eigenvalue weighted by Crippen LogP contribution is -2.39. The zero-order valence-electron chi connectivity index (χ0n) is 17.3. The van der Waals surface area contributed by atoms with Crippen LogP contribution in [-0.2, 0) is 11.2 Å². The van der Waals surface area contributed by atoms with Crippen molar-refractivity contribution >= 4 is 12.0 Å². The first kappa shape index (κ1) is 20.8. The molecule has 1 amide bonds. The molecule has 4 rings (SSSR count). The Labute approximate surface area is 180 Å². The number of halogens is 1. The minimum atomic E-state index is -0.382. The Kier molecular flexibility index (Phi) is 6.40. The highest BCUT2D eigenvalue weighted by molar-refractivity contribution is 5.91. The summed E-state index contributed by atoms with van der Waals surface area (Å²) in [5.74, 6) is 1.32. The summed E-state index contributed by atoms with van der Waals surface area (Å²) in [6, 6.07) is 13.9. The van der Waals surface area contributed by atoms with Crippen LogP contribution in [0.4, 0.5) is 4.39 Å². The van der Waals surface area contributed by atoms with Crippen LogP contribution in [0.1, 0.15) is 24.3 Å². The van der Waals surface area contributed by atoms with Crippen LogP contribution in [0, 0.1) is 11.7 Å². The molecule has 3 aromatic rings. The van der Waals surface area contributed by atoms with Crippen LogP contribution in [0.2, 0.25) is 0 Å². The third kappa shape index (κ3) is 5.17. The maximum atomic E-state index is 13.9. The Morgan fingerprint density at radius 3 is 2.84 bits per heavy atom. The Balaban J connectivity index is 1.35. The van der Waals surface area contributed by atoms with E-state index in [1.54, 1.807) is 31.4 Å². The van der Waals surface area contributed by atoms with E-state index < -0.39 is 0 Å². The van der Waals surface area contributed by atoms with Gasteiger partial charge in [0.15, 0.2) is 0 Å². The summed E-state index contributed by atoms with van der Waals surface area (Å²) in [5, 5.41) is 3.92. The third-order valence-corrected chi connectivity index (χ3v) is 5.41. The van der Waals surface area contributed by atoms with Gasteiger partial charge in [-0.25, -0.2) is 4.39 Å². The van der Waals surface area contributed by atoms with Gasteiger partial charge in [-0.3, -0.25) is 4.79 Å². The molecule has 1 aromatic heterocycles. The molecule has 1 aliphatic heterocycles. The van der Waals surface area contributed by atoms with Crippen LogP contribution < -0.4 is 4.74 Å². The first-order valence-electron chi connectivity index (χ1n) is 10.3. The fourth-order valence-electron chi connectivity index (χ4n) is 3.76. The number of benzene rings is 2. The van der Waals surface area contributed by atoms with Crippen molar-refractivity contribution in [3.63, 3.8) is 0 Å². The number of ether oxygens (including phenoxy) is 1. The summed E-state index contributed by atoms with van der Waals surface area (Å²) in [4.78, 5) is 18.8. The highest BCUT2D eigenvalue weighted by Crippen LogP contribution is 2.24. The van der Waals surface area contributed by atoms with Gasteiger partial charge in [0.1, 0.15) is 11.6 Å². The predicted molar refractivity (Wildman–Crippen MR) is 115 cm³/mol. The van der Waals surface area contributed by atoms with E-state index in [4.69, 9.17) is 9.26 Å². The van der Waals surface area contributed by atoms with Crippen molar-refractivity contribution in [2.24, 2.45) is 5.92 Å². The number of likely N-dealkylation sites (tertiary alicyclic amines) is 1. The largest absolute Gasteiger partial charge is 0.497 e. The SMILES string of the molecule is COc1ccc(/C=C\C(=O)N2CCC[C@@H](Cc3nc(-c4ccccc4F)no3)C2)cc1. The summed E-state index contributed by atoms with van der Waals surface area (Å²) in [5.41, 5.74) is 1.26. The fraction of sp³-hybridized carbons (Fsp3) is 0.292. The first-order valence-corrected chi connectivity index (χ1v) is 10.3. The number of amides is 1. The van der Waals surface area contributed by atoms with Gasteiger partial charge in [-0.05, 0) is 54.7 Å². The van der Waals surface area contributed by atoms with Gasteiger partial charge in [-0.1, -0.05) is 29.4 Å². The molecule has 0 spiro atoms. The van der Waals surface area contributed by atoms with Crippen molar-refractivity contribution in [1.29, 1.82) is 0 Å². The highest BCUT2D eigenvalue weighted by Gasteiger charge is 2.25. The number of methoxy groups -OCH3 is 1. The molecule has 2 heterocycles. The average molecular weight is 421 g/mol. The van der Waals surface area contributed by atoms with E-state index in [2.05, 4.69) is 10.1 Å². The minimum Gasteiger partial charge on any atom is -0.497 e. The van der Waals surface area contributed by atoms with Gasteiger partial charge in [-0.2, -0.15) is 4.98 Å². The van der Waals surface area contributed by atoms with Crippen LogP contribution in [0.25, 0.3) is 17.5 Å². The van der Waals surface area contributed by atoms with Crippen molar-refractivity contribution in [1.82, 2.24) is 15.0 Å². The molecule has 1 aliphatic rings. The van der Waals surface area contributed by atoms with Crippen LogP contribution in [0.5, 0.6) is 5.75 Å². The summed E-state index contributed by atoms with van der Waals surface area (Å²) in [6.07, 6.45) is 5.87. The Hall–Kier alpha value is -3.48. The average Bonchev–Trinajstić information content (AvgIpc) is 3.26. The molecule has 1 fully saturated rings. The first-order chi connectivity index (χ1) is 15.1. The lowest BCUT2D eigenvalue weighted by molar-refractivity contribution is -0.127. The van der Waals surface area contributed by atoms with E-state index in [1.165, 1.54) is 6.07 Å². The second-order valence-corrected chi connectivity index (χ2v) is 7.59. The zero-order chi connectivity index (χ0) is 21.6. The van der Waals surface area contributed by atoms with Gasteiger partial charge in [-0.15, -0.1) is 0 Å². The zero-order valence-corrected chi connectivity index (χ0v) is 17.3. The Bertz CT molecular complexity index is 1060. The molecular weight excluding hydrogens is 397 g/mol. The lowest BCUT2D eigenvalue weighted by atomic mass is 9.94. The van der Waals surface area contributed by atoms with E-state index in [-0.39, 0.29) is 23.5 Å². The molecule has 7 heteroatoms. The number of piperidine rings is 1. The van der Waals surface area contributed by atoms with E-state index in [1.807, 2.05) is 35.2 Å². The maximum absolute atomic E-state index is 13.9. The minimum absolute atomic E-state index is 0.0157. The molecule has 0 N–H and O–H groups in total. The predicted octanol–water partition coefficient (Wildman–Crippen LogP) is 4.38. The van der Waals surface area contributed by atoms with E-state index in [0.717, 1.165) is 30.7 Å². The van der Waals surface area contributed by atoms with Crippen molar-refractivity contribution in [3.05, 3.63) is 71.9 Å². The fourth-order valence-corrected chi connectivity index (χ4v) is 3.76. The molecule has 2 aromatic carbocycles. The van der Waals surface area contributed by atoms with E-state index >= 15 is 0 Å². The van der Waals surface area contributed by atoms with Gasteiger partial charge < -0.3 is 14.2 Å². The van der Waals surface area contributed by atoms with Crippen molar-refractivity contribution < 1.29 is 18.4 Å². The number of carbonyl (C=O) groups is 1. The summed E-state index contributed by atoms with van der Waals surface area (Å²) in [6.45, 7) is 1.36. The van der Waals surface area contributed by atoms with Crippen molar-refractivity contribution in [2.45, 2.75) is 19.3 Å². The van der Waals surface area contributed by atoms with Crippen molar-refractivity contribution in [2.75, 3.05) is 20.2 Å². The monoisotopic (exact) mass is 421 g/mol. The molecule has 6 nitrogen and oxygen atoms in total. The number of rotatable bonds is 6. The number of carbonyl (C=O) groups excluding carboxylic acids is 1. The molecular formula is C24H24FN3O3. The van der Waals surface area contributed by atoms with E-state index in [0.29, 0.717) is 24.4 Å². The van der Waals surface area contributed by atoms with Crippen molar-refractivity contribution in [3.8, 4) is 17.1 Å². The molecule has 160 valence electrons. The normalized spacial score (nSPS) is 16.6. The maximum Gasteiger partial charge on any atom is 0.246 e. The molecule has 0 bridgehead atoms. The summed E-state index contributed by atoms with van der Waals surface area (Å²) < 4.78 is 24.4. The van der Waals surface area contributed by atoms with Crippen LogP contribution in [0.3, 0.4) is 0 Å². The Morgan fingerprint density at radius 1 is 1.26 bits per heavy atom. The number of nitrogens with zero attached hydrogens (tertiary/aromatic N) is 3. The smallest absolute Gasteiger partial charge is 0.246 e. The molecule has 0 unspecified atom stereocenters.